The van der Waals surface area contributed by atoms with Crippen molar-refractivity contribution in [2.75, 3.05) is 13.7 Å². The van der Waals surface area contributed by atoms with E-state index in [0.29, 0.717) is 0 Å². The molecule has 6 nitrogen and oxygen atoms in total. The first kappa shape index (κ1) is 8.95. The molecule has 1 aliphatic heterocycles. The van der Waals surface area contributed by atoms with E-state index in [-0.39, 0.29) is 17.5 Å². The Morgan fingerprint density at radius 1 is 1.92 bits per heavy atom. The standard InChI is InChI=1S/C5H6ClN3O3/c1-12-8-3-4(9(10)11)2-7-5(8)6/h2H,3H2,1H3. The van der Waals surface area contributed by atoms with Crippen LogP contribution in [-0.2, 0) is 4.84 Å². The van der Waals surface area contributed by atoms with Gasteiger partial charge in [-0.25, -0.2) is 10.1 Å². The normalized spacial score (nSPS) is 17.0. The van der Waals surface area contributed by atoms with Crippen LogP contribution in [0.3, 0.4) is 0 Å². The lowest BCUT2D eigenvalue weighted by Gasteiger charge is -2.19. The van der Waals surface area contributed by atoms with Gasteiger partial charge in [-0.15, -0.1) is 0 Å². The molecule has 0 aromatic rings. The van der Waals surface area contributed by atoms with E-state index in [9.17, 15) is 10.1 Å². The summed E-state index contributed by atoms with van der Waals surface area (Å²) in [5, 5.41) is 11.5. The summed E-state index contributed by atoms with van der Waals surface area (Å²) in [5.74, 6) is 0. The molecule has 0 saturated heterocycles. The van der Waals surface area contributed by atoms with Crippen LogP contribution in [0.25, 0.3) is 0 Å². The molecule has 0 N–H and O–H groups in total. The van der Waals surface area contributed by atoms with Gasteiger partial charge in [-0.2, -0.15) is 0 Å². The van der Waals surface area contributed by atoms with E-state index in [4.69, 9.17) is 16.4 Å². The number of nitro groups is 1. The second kappa shape index (κ2) is 3.51. The van der Waals surface area contributed by atoms with E-state index in [1.54, 1.807) is 0 Å². The third-order valence-electron chi connectivity index (χ3n) is 1.29. The van der Waals surface area contributed by atoms with Crippen molar-refractivity contribution in [3.05, 3.63) is 22.0 Å². The number of hydrogen-bond acceptors (Lipinski definition) is 5. The van der Waals surface area contributed by atoms with E-state index in [1.165, 1.54) is 7.11 Å². The predicted molar refractivity (Wildman–Crippen MR) is 42.1 cm³/mol. The number of hydroxylamine groups is 2. The Bertz CT molecular complexity index is 263. The van der Waals surface area contributed by atoms with Crippen LogP contribution in [0, 0.1) is 10.1 Å². The van der Waals surface area contributed by atoms with Crippen LogP contribution in [0.4, 0.5) is 0 Å². The molecule has 1 rings (SSSR count). The molecule has 1 heterocycles. The SMILES string of the molecule is CON1CC([N+](=O)[O-])=CN=C1Cl. The van der Waals surface area contributed by atoms with Crippen LogP contribution in [-0.4, -0.2) is 28.9 Å². The molecular weight excluding hydrogens is 186 g/mol. The van der Waals surface area contributed by atoms with Gasteiger partial charge >= 0.3 is 0 Å². The van der Waals surface area contributed by atoms with Crippen LogP contribution < -0.4 is 0 Å². The Balaban J connectivity index is 2.79. The van der Waals surface area contributed by atoms with Gasteiger partial charge in [0.05, 0.1) is 12.0 Å². The van der Waals surface area contributed by atoms with Crippen molar-refractivity contribution in [2.24, 2.45) is 4.99 Å². The minimum atomic E-state index is -0.529. The summed E-state index contributed by atoms with van der Waals surface area (Å²) in [5.41, 5.74) is -0.0544. The van der Waals surface area contributed by atoms with E-state index in [2.05, 4.69) is 4.99 Å². The fourth-order valence-electron chi connectivity index (χ4n) is 0.690. The maximum Gasteiger partial charge on any atom is 0.286 e. The van der Waals surface area contributed by atoms with Crippen LogP contribution in [0.5, 0.6) is 0 Å². The van der Waals surface area contributed by atoms with Crippen LogP contribution in [0.1, 0.15) is 0 Å². The minimum absolute atomic E-state index is 0.00579. The molecule has 7 heteroatoms. The Morgan fingerprint density at radius 2 is 2.58 bits per heavy atom. The second-order valence-corrected chi connectivity index (χ2v) is 2.33. The maximum absolute atomic E-state index is 10.3. The number of rotatable bonds is 2. The number of hydrogen-bond donors (Lipinski definition) is 0. The molecular formula is C5H6ClN3O3. The van der Waals surface area contributed by atoms with Gasteiger partial charge in [0.25, 0.3) is 5.70 Å². The van der Waals surface area contributed by atoms with Gasteiger partial charge < -0.3 is 0 Å². The fraction of sp³-hybridized carbons (Fsp3) is 0.400. The monoisotopic (exact) mass is 191 g/mol. The highest BCUT2D eigenvalue weighted by Gasteiger charge is 2.22. The van der Waals surface area contributed by atoms with Crippen molar-refractivity contribution in [3.8, 4) is 0 Å². The van der Waals surface area contributed by atoms with Gasteiger partial charge in [0.15, 0.2) is 0 Å². The maximum atomic E-state index is 10.3. The van der Waals surface area contributed by atoms with Crippen molar-refractivity contribution in [2.45, 2.75) is 0 Å². The molecule has 0 aromatic heterocycles. The van der Waals surface area contributed by atoms with Crippen LogP contribution >= 0.6 is 11.6 Å². The minimum Gasteiger partial charge on any atom is -0.274 e. The van der Waals surface area contributed by atoms with Crippen molar-refractivity contribution < 1.29 is 9.76 Å². The second-order valence-electron chi connectivity index (χ2n) is 1.99. The van der Waals surface area contributed by atoms with Gasteiger partial charge in [0.1, 0.15) is 12.7 Å². The summed E-state index contributed by atoms with van der Waals surface area (Å²) < 4.78 is 0. The summed E-state index contributed by atoms with van der Waals surface area (Å²) in [7, 11) is 1.36. The highest BCUT2D eigenvalue weighted by Crippen LogP contribution is 2.10. The average Bonchev–Trinajstić information content (AvgIpc) is 2.05. The van der Waals surface area contributed by atoms with Crippen molar-refractivity contribution in [1.29, 1.82) is 0 Å². The first-order chi connectivity index (χ1) is 5.65. The lowest BCUT2D eigenvalue weighted by molar-refractivity contribution is -0.430. The molecule has 66 valence electrons. The summed E-state index contributed by atoms with van der Waals surface area (Å²) in [6.07, 6.45) is 1.11. The Morgan fingerprint density at radius 3 is 3.08 bits per heavy atom. The molecule has 0 radical (unpaired) electrons. The van der Waals surface area contributed by atoms with Gasteiger partial charge in [0.2, 0.25) is 5.29 Å². The molecule has 0 atom stereocenters. The van der Waals surface area contributed by atoms with Crippen LogP contribution in [0.2, 0.25) is 0 Å². The molecule has 0 unspecified atom stereocenters. The van der Waals surface area contributed by atoms with E-state index in [1.807, 2.05) is 0 Å². The zero-order valence-corrected chi connectivity index (χ0v) is 6.98. The highest BCUT2D eigenvalue weighted by atomic mass is 35.5. The summed E-state index contributed by atoms with van der Waals surface area (Å²) in [4.78, 5) is 18.0. The van der Waals surface area contributed by atoms with E-state index >= 15 is 0 Å². The molecule has 12 heavy (non-hydrogen) atoms. The van der Waals surface area contributed by atoms with Gasteiger partial charge in [-0.05, 0) is 11.6 Å². The van der Waals surface area contributed by atoms with Crippen molar-refractivity contribution in [3.63, 3.8) is 0 Å². The zero-order chi connectivity index (χ0) is 9.14. The Hall–Kier alpha value is -1.14. The van der Waals surface area contributed by atoms with Gasteiger partial charge in [0, 0.05) is 0 Å². The van der Waals surface area contributed by atoms with E-state index < -0.39 is 4.92 Å². The van der Waals surface area contributed by atoms with Crippen molar-refractivity contribution >= 4 is 16.9 Å². The number of amidine groups is 1. The molecule has 0 fully saturated rings. The molecule has 0 spiro atoms. The first-order valence-electron chi connectivity index (χ1n) is 3.03. The first-order valence-corrected chi connectivity index (χ1v) is 3.41. The Kier molecular flexibility index (Phi) is 2.61. The summed E-state index contributed by atoms with van der Waals surface area (Å²) in [6, 6.07) is 0. The third kappa shape index (κ3) is 1.72. The summed E-state index contributed by atoms with van der Waals surface area (Å²) in [6.45, 7) is 0.00579. The fourth-order valence-corrected chi connectivity index (χ4v) is 0.868. The molecule has 0 aromatic carbocycles. The number of nitrogens with zero attached hydrogens (tertiary/aromatic N) is 3. The number of aliphatic imine (C=N–C) groups is 1. The Labute approximate surface area is 73.2 Å². The molecule has 1 aliphatic rings. The van der Waals surface area contributed by atoms with E-state index in [0.717, 1.165) is 11.3 Å². The largest absolute Gasteiger partial charge is 0.286 e. The van der Waals surface area contributed by atoms with Crippen molar-refractivity contribution in [1.82, 2.24) is 5.06 Å². The van der Waals surface area contributed by atoms with Gasteiger partial charge in [-0.3, -0.25) is 15.0 Å². The summed E-state index contributed by atoms with van der Waals surface area (Å²) >= 11 is 5.54. The lowest BCUT2D eigenvalue weighted by atomic mass is 10.4. The van der Waals surface area contributed by atoms with Gasteiger partial charge in [-0.1, -0.05) is 0 Å². The van der Waals surface area contributed by atoms with Crippen LogP contribution in [0.15, 0.2) is 16.9 Å². The topological polar surface area (TPSA) is 68.0 Å². The third-order valence-corrected chi connectivity index (χ3v) is 1.57. The molecule has 0 bridgehead atoms. The lowest BCUT2D eigenvalue weighted by Crippen LogP contribution is -2.32. The smallest absolute Gasteiger partial charge is 0.274 e. The zero-order valence-electron chi connectivity index (χ0n) is 6.23. The molecule has 0 aliphatic carbocycles. The average molecular weight is 192 g/mol. The number of halogens is 1. The molecule has 0 amide bonds. The highest BCUT2D eigenvalue weighted by molar-refractivity contribution is 6.64. The quantitative estimate of drug-likeness (QED) is 0.364. The predicted octanol–water partition coefficient (Wildman–Crippen LogP) is 0.576. The molecule has 0 saturated carbocycles.